The summed E-state index contributed by atoms with van der Waals surface area (Å²) in [5.41, 5.74) is 1.38. The quantitative estimate of drug-likeness (QED) is 0.456. The van der Waals surface area contributed by atoms with E-state index in [0.29, 0.717) is 35.4 Å². The van der Waals surface area contributed by atoms with Crippen molar-refractivity contribution in [3.63, 3.8) is 0 Å². The number of hydrogen-bond donors (Lipinski definition) is 2. The van der Waals surface area contributed by atoms with Crippen LogP contribution >= 0.6 is 0 Å². The number of ether oxygens (including phenoxy) is 3. The molecule has 216 valence electrons. The van der Waals surface area contributed by atoms with E-state index in [0.717, 1.165) is 6.42 Å². The van der Waals surface area contributed by atoms with Crippen molar-refractivity contribution in [2.75, 3.05) is 12.3 Å². The highest BCUT2D eigenvalue weighted by Crippen LogP contribution is 2.72. The number of Topliss-reactive ketones (excluding diaryl/α,β-unsaturated/α-hetero) is 1. The zero-order valence-corrected chi connectivity index (χ0v) is 23.4. The highest BCUT2D eigenvalue weighted by molar-refractivity contribution is 5.91. The molecule has 8 heteroatoms. The van der Waals surface area contributed by atoms with Gasteiger partial charge >= 0.3 is 0 Å². The van der Waals surface area contributed by atoms with Gasteiger partial charge in [-0.2, -0.15) is 0 Å². The number of aliphatic hydroxyl groups is 1. The summed E-state index contributed by atoms with van der Waals surface area (Å²) in [7, 11) is 0. The van der Waals surface area contributed by atoms with Crippen LogP contribution in [-0.4, -0.2) is 53.4 Å². The normalized spacial score (nSPS) is 45.2. The Morgan fingerprint density at radius 2 is 2.05 bits per heavy atom. The molecule has 6 nitrogen and oxygen atoms in total. The van der Waals surface area contributed by atoms with Crippen molar-refractivity contribution in [2.45, 2.75) is 88.8 Å². The van der Waals surface area contributed by atoms with Gasteiger partial charge in [-0.25, -0.2) is 8.78 Å². The number of allylic oxidation sites excluding steroid dienone is 5. The first-order valence-corrected chi connectivity index (χ1v) is 14.4. The van der Waals surface area contributed by atoms with Gasteiger partial charge in [-0.3, -0.25) is 4.79 Å². The number of carbonyl (C=O) groups is 1. The number of alkyl halides is 2. The van der Waals surface area contributed by atoms with Crippen LogP contribution in [0.3, 0.4) is 0 Å². The summed E-state index contributed by atoms with van der Waals surface area (Å²) in [5, 5.41) is 11.7. The lowest BCUT2D eigenvalue weighted by Crippen LogP contribution is -2.70. The zero-order valence-electron chi connectivity index (χ0n) is 23.4. The summed E-state index contributed by atoms with van der Waals surface area (Å²) >= 11 is 0. The smallest absolute Gasteiger partial charge is 0.205 e. The number of halogens is 2. The topological polar surface area (TPSA) is 91.0 Å². The lowest BCUT2D eigenvalue weighted by Gasteiger charge is -2.63. The van der Waals surface area contributed by atoms with E-state index in [4.69, 9.17) is 19.9 Å². The van der Waals surface area contributed by atoms with Gasteiger partial charge in [0, 0.05) is 28.5 Å². The largest absolute Gasteiger partial charge is 0.486 e. The molecular weight excluding hydrogens is 516 g/mol. The molecule has 3 N–H and O–H groups in total. The molecule has 0 amide bonds. The van der Waals surface area contributed by atoms with Crippen LogP contribution in [0, 0.1) is 22.7 Å². The van der Waals surface area contributed by atoms with Crippen molar-refractivity contribution in [3.05, 3.63) is 60.2 Å². The number of rotatable bonds is 6. The van der Waals surface area contributed by atoms with Crippen molar-refractivity contribution in [1.82, 2.24) is 0 Å². The summed E-state index contributed by atoms with van der Waals surface area (Å²) in [6.07, 6.45) is 2.46. The third-order valence-corrected chi connectivity index (χ3v) is 10.7. The fourth-order valence-corrected chi connectivity index (χ4v) is 8.82. The molecule has 5 aliphatic rings. The highest BCUT2D eigenvalue weighted by Gasteiger charge is 2.80. The fourth-order valence-electron chi connectivity index (χ4n) is 8.82. The zero-order chi connectivity index (χ0) is 28.7. The molecule has 0 spiro atoms. The maximum absolute atomic E-state index is 17.6. The predicted octanol–water partition coefficient (Wildman–Crippen LogP) is 5.41. The van der Waals surface area contributed by atoms with E-state index in [1.807, 2.05) is 13.8 Å². The monoisotopic (exact) mass is 555 g/mol. The van der Waals surface area contributed by atoms with Crippen LogP contribution in [0.2, 0.25) is 0 Å². The number of carbonyl (C=O) groups excluding carboxylic acids is 1. The number of anilines is 1. The second-order valence-corrected chi connectivity index (χ2v) is 12.7. The Labute approximate surface area is 234 Å². The number of ketones is 1. The van der Waals surface area contributed by atoms with Gasteiger partial charge in [0.05, 0.1) is 12.2 Å². The van der Waals surface area contributed by atoms with Gasteiger partial charge in [0.15, 0.2) is 17.6 Å². The minimum atomic E-state index is -2.13. The third-order valence-electron chi connectivity index (χ3n) is 10.7. The molecule has 0 bridgehead atoms. The van der Waals surface area contributed by atoms with Crippen molar-refractivity contribution in [2.24, 2.45) is 22.7 Å². The predicted molar refractivity (Wildman–Crippen MR) is 147 cm³/mol. The molecule has 1 aromatic carbocycles. The number of fused-ring (bicyclic) bond motifs is 7. The molecule has 4 aliphatic carbocycles. The molecule has 0 radical (unpaired) electrons. The fraction of sp³-hybridized carbons (Fsp3) is 0.594. The van der Waals surface area contributed by atoms with Gasteiger partial charge in [0.25, 0.3) is 0 Å². The molecule has 10 atom stereocenters. The standard InChI is InChI=1S/C32H39F2NO5/c1-5-7-28-39-27-15-21-22-14-24(33)23-12-18(2)10-11-29(23,3)31(22,34)25(36)16-30(21,4)32(27,40-28)26(37)17-38-20-9-6-8-19(35)13-20/h6,8-13,21-22,24-25,27-28,36H,2,5,7,14-17,35H2,1,3-4H3/t21?,22?,24-,25?,27?,28?,29?,30?,31-,32?/m0/s1. The first kappa shape index (κ1) is 27.6. The number of nitrogens with two attached hydrogens (primary N) is 1. The van der Waals surface area contributed by atoms with Gasteiger partial charge in [0.1, 0.15) is 18.5 Å². The number of aliphatic hydroxyl groups excluding tert-OH is 1. The van der Waals surface area contributed by atoms with Gasteiger partial charge in [-0.05, 0) is 61.8 Å². The van der Waals surface area contributed by atoms with E-state index in [1.165, 1.54) is 0 Å². The van der Waals surface area contributed by atoms with E-state index in [1.54, 1.807) is 49.4 Å². The summed E-state index contributed by atoms with van der Waals surface area (Å²) in [4.78, 5) is 14.2. The minimum absolute atomic E-state index is 0.0258. The maximum atomic E-state index is 17.6. The van der Waals surface area contributed by atoms with Crippen molar-refractivity contribution < 1.29 is 32.9 Å². The summed E-state index contributed by atoms with van der Waals surface area (Å²) in [5.74, 6) is -1.19. The van der Waals surface area contributed by atoms with Crippen molar-refractivity contribution in [1.29, 1.82) is 0 Å². The average molecular weight is 556 g/mol. The lowest BCUT2D eigenvalue weighted by atomic mass is 9.44. The number of benzene rings is 1. The Kier molecular flexibility index (Phi) is 6.37. The van der Waals surface area contributed by atoms with Crippen molar-refractivity contribution in [3.8, 4) is 5.75 Å². The molecule has 8 unspecified atom stereocenters. The summed E-state index contributed by atoms with van der Waals surface area (Å²) in [6.45, 7) is 9.18. The number of hydrogen-bond acceptors (Lipinski definition) is 6. The number of nitrogen functional groups attached to an aromatic ring is 1. The molecule has 1 aliphatic heterocycles. The van der Waals surface area contributed by atoms with E-state index < -0.39 is 58.6 Å². The molecule has 1 saturated heterocycles. The van der Waals surface area contributed by atoms with Crippen LogP contribution in [-0.2, 0) is 14.3 Å². The van der Waals surface area contributed by atoms with Crippen LogP contribution in [0.25, 0.3) is 0 Å². The van der Waals surface area contributed by atoms with E-state index in [-0.39, 0.29) is 25.2 Å². The second kappa shape index (κ2) is 9.23. The van der Waals surface area contributed by atoms with Crippen LogP contribution in [0.1, 0.15) is 52.9 Å². The molecule has 1 heterocycles. The van der Waals surface area contributed by atoms with E-state index in [9.17, 15) is 9.90 Å². The lowest BCUT2D eigenvalue weighted by molar-refractivity contribution is -0.234. The highest BCUT2D eigenvalue weighted by atomic mass is 19.1. The van der Waals surface area contributed by atoms with E-state index >= 15 is 8.78 Å². The molecular formula is C32H39F2NO5. The summed E-state index contributed by atoms with van der Waals surface area (Å²) in [6, 6.07) is 6.81. The van der Waals surface area contributed by atoms with Crippen LogP contribution in [0.15, 0.2) is 60.2 Å². The third kappa shape index (κ3) is 3.51. The Bertz CT molecular complexity index is 1300. The molecule has 4 fully saturated rings. The molecule has 40 heavy (non-hydrogen) atoms. The van der Waals surface area contributed by atoms with Crippen LogP contribution in [0.4, 0.5) is 14.5 Å². The summed E-state index contributed by atoms with van der Waals surface area (Å²) < 4.78 is 52.3. The van der Waals surface area contributed by atoms with Gasteiger partial charge in [-0.15, -0.1) is 0 Å². The molecule has 3 saturated carbocycles. The van der Waals surface area contributed by atoms with Crippen LogP contribution < -0.4 is 10.5 Å². The Morgan fingerprint density at radius 1 is 1.27 bits per heavy atom. The van der Waals surface area contributed by atoms with Gasteiger partial charge in [0.2, 0.25) is 5.78 Å². The van der Waals surface area contributed by atoms with Gasteiger partial charge < -0.3 is 25.1 Å². The molecule has 0 aromatic heterocycles. The minimum Gasteiger partial charge on any atom is -0.486 e. The molecule has 1 aromatic rings. The SMILES string of the molecule is C=C1C=CC2(C)C(=C1)[C@@H](F)CC1C3CC4OC(CCC)OC4(C(=O)COc4cccc(N)c4)C3(C)CC(O)[C@@]12F. The van der Waals surface area contributed by atoms with E-state index in [2.05, 4.69) is 6.58 Å². The van der Waals surface area contributed by atoms with Crippen LogP contribution in [0.5, 0.6) is 5.75 Å². The second-order valence-electron chi connectivity index (χ2n) is 12.7. The Hall–Kier alpha value is -2.55. The maximum Gasteiger partial charge on any atom is 0.205 e. The first-order valence-electron chi connectivity index (χ1n) is 14.4. The average Bonchev–Trinajstić information content (AvgIpc) is 3.38. The first-order chi connectivity index (χ1) is 18.9. The Balaban J connectivity index is 1.39. The Morgan fingerprint density at radius 3 is 2.77 bits per heavy atom. The van der Waals surface area contributed by atoms with Crippen molar-refractivity contribution >= 4 is 11.5 Å². The van der Waals surface area contributed by atoms with Gasteiger partial charge in [-0.1, -0.05) is 51.1 Å². The molecule has 6 rings (SSSR count).